The van der Waals surface area contributed by atoms with Gasteiger partial charge in [0, 0.05) is 17.6 Å². The maximum atomic E-state index is 5.92. The molecular weight excluding hydrogens is 282 g/mol. The molecule has 0 aromatic heterocycles. The van der Waals surface area contributed by atoms with Gasteiger partial charge >= 0.3 is 0 Å². The molecule has 0 bridgehead atoms. The summed E-state index contributed by atoms with van der Waals surface area (Å²) in [4.78, 5) is 0. The number of hydrogen-bond donors (Lipinski definition) is 1. The van der Waals surface area contributed by atoms with Crippen molar-refractivity contribution in [2.24, 2.45) is 0 Å². The molecule has 1 aliphatic carbocycles. The highest BCUT2D eigenvalue weighted by molar-refractivity contribution is 6.30. The van der Waals surface area contributed by atoms with Crippen molar-refractivity contribution >= 4 is 11.6 Å². The second-order valence-electron chi connectivity index (χ2n) is 5.52. The van der Waals surface area contributed by atoms with E-state index in [1.807, 2.05) is 12.1 Å². The van der Waals surface area contributed by atoms with Crippen molar-refractivity contribution in [1.29, 1.82) is 0 Å². The molecule has 0 saturated heterocycles. The van der Waals surface area contributed by atoms with Gasteiger partial charge in [-0.25, -0.2) is 0 Å². The fraction of sp³-hybridized carbons (Fsp3) is 0.333. The van der Waals surface area contributed by atoms with Crippen LogP contribution in [0.15, 0.2) is 42.5 Å². The number of fused-ring (bicyclic) bond motifs is 1. The summed E-state index contributed by atoms with van der Waals surface area (Å²) < 4.78 is 5.32. The Bertz CT molecular complexity index is 609. The van der Waals surface area contributed by atoms with Crippen molar-refractivity contribution in [1.82, 2.24) is 5.32 Å². The number of aryl methyl sites for hydroxylation is 1. The molecule has 1 unspecified atom stereocenters. The minimum atomic E-state index is 0.426. The number of ether oxygens (including phenoxy) is 1. The Kier molecular flexibility index (Phi) is 4.47. The zero-order valence-electron chi connectivity index (χ0n) is 12.2. The second kappa shape index (κ2) is 6.50. The molecule has 0 spiro atoms. The summed E-state index contributed by atoms with van der Waals surface area (Å²) in [5.74, 6) is 0.951. The third kappa shape index (κ3) is 3.39. The molecular formula is C18H20ClNO. The summed E-state index contributed by atoms with van der Waals surface area (Å²) in [5, 5.41) is 4.45. The maximum absolute atomic E-state index is 5.92. The van der Waals surface area contributed by atoms with Crippen LogP contribution in [0.25, 0.3) is 0 Å². The van der Waals surface area contributed by atoms with E-state index in [2.05, 4.69) is 35.6 Å². The summed E-state index contributed by atoms with van der Waals surface area (Å²) in [6, 6.07) is 14.9. The summed E-state index contributed by atoms with van der Waals surface area (Å²) in [5.41, 5.74) is 4.09. The van der Waals surface area contributed by atoms with Gasteiger partial charge in [-0.1, -0.05) is 29.8 Å². The molecule has 3 rings (SSSR count). The molecule has 110 valence electrons. The number of nitrogens with one attached hydrogen (secondary N) is 1. The highest BCUT2D eigenvalue weighted by atomic mass is 35.5. The number of methoxy groups -OCH3 is 1. The van der Waals surface area contributed by atoms with Crippen LogP contribution >= 0.6 is 11.6 Å². The summed E-state index contributed by atoms with van der Waals surface area (Å²) in [6.07, 6.45) is 3.55. The van der Waals surface area contributed by atoms with Gasteiger partial charge in [0.2, 0.25) is 0 Å². The van der Waals surface area contributed by atoms with Crippen LogP contribution < -0.4 is 10.1 Å². The molecule has 2 aromatic carbocycles. The van der Waals surface area contributed by atoms with Gasteiger partial charge in [-0.2, -0.15) is 0 Å². The van der Waals surface area contributed by atoms with E-state index in [1.165, 1.54) is 29.5 Å². The van der Waals surface area contributed by atoms with E-state index in [1.54, 1.807) is 7.11 Å². The first-order valence-corrected chi connectivity index (χ1v) is 7.78. The van der Waals surface area contributed by atoms with E-state index >= 15 is 0 Å². The van der Waals surface area contributed by atoms with Crippen molar-refractivity contribution in [3.8, 4) is 5.75 Å². The molecule has 3 heteroatoms. The van der Waals surface area contributed by atoms with Crippen LogP contribution in [0.4, 0.5) is 0 Å². The Morgan fingerprint density at radius 3 is 2.76 bits per heavy atom. The Morgan fingerprint density at radius 1 is 1.19 bits per heavy atom. The lowest BCUT2D eigenvalue weighted by molar-refractivity contribution is 0.410. The zero-order chi connectivity index (χ0) is 14.7. The average molecular weight is 302 g/mol. The molecule has 2 aromatic rings. The molecule has 2 nitrogen and oxygen atoms in total. The average Bonchev–Trinajstić information content (AvgIpc) is 2.53. The largest absolute Gasteiger partial charge is 0.497 e. The van der Waals surface area contributed by atoms with Crippen LogP contribution in [0, 0.1) is 0 Å². The maximum Gasteiger partial charge on any atom is 0.119 e. The van der Waals surface area contributed by atoms with Gasteiger partial charge in [-0.05, 0) is 60.2 Å². The fourth-order valence-corrected chi connectivity index (χ4v) is 3.10. The third-order valence-electron chi connectivity index (χ3n) is 4.13. The Labute approximate surface area is 131 Å². The molecule has 0 fully saturated rings. The van der Waals surface area contributed by atoms with Crippen molar-refractivity contribution in [3.05, 3.63) is 64.2 Å². The lowest BCUT2D eigenvalue weighted by atomic mass is 9.87. The van der Waals surface area contributed by atoms with Crippen LogP contribution in [0.2, 0.25) is 5.02 Å². The van der Waals surface area contributed by atoms with Gasteiger partial charge in [0.1, 0.15) is 5.75 Å². The van der Waals surface area contributed by atoms with Crippen LogP contribution in [0.3, 0.4) is 0 Å². The highest BCUT2D eigenvalue weighted by Crippen LogP contribution is 2.32. The molecule has 0 heterocycles. The first-order valence-electron chi connectivity index (χ1n) is 7.41. The summed E-state index contributed by atoms with van der Waals surface area (Å²) in [7, 11) is 1.72. The minimum absolute atomic E-state index is 0.426. The lowest BCUT2D eigenvalue weighted by Gasteiger charge is -2.27. The Hall–Kier alpha value is -1.51. The molecule has 1 N–H and O–H groups in total. The molecule has 21 heavy (non-hydrogen) atoms. The van der Waals surface area contributed by atoms with Gasteiger partial charge in [-0.15, -0.1) is 0 Å². The van der Waals surface area contributed by atoms with Gasteiger partial charge in [0.15, 0.2) is 0 Å². The van der Waals surface area contributed by atoms with Gasteiger partial charge in [0.25, 0.3) is 0 Å². The first kappa shape index (κ1) is 14.4. The fourth-order valence-electron chi connectivity index (χ4n) is 2.97. The van der Waals surface area contributed by atoms with E-state index in [0.29, 0.717) is 6.04 Å². The predicted octanol–water partition coefficient (Wildman–Crippen LogP) is 4.52. The van der Waals surface area contributed by atoms with E-state index in [4.69, 9.17) is 16.3 Å². The lowest BCUT2D eigenvalue weighted by Crippen LogP contribution is -2.24. The van der Waals surface area contributed by atoms with Crippen LogP contribution in [0.1, 0.15) is 35.6 Å². The standard InChI is InChI=1S/C18H20ClNO/c1-21-16-9-10-17-14(11-16)3-2-4-18(17)20-12-13-5-7-15(19)8-6-13/h5-11,18,20H,2-4,12H2,1H3. The van der Waals surface area contributed by atoms with Crippen LogP contribution in [-0.2, 0) is 13.0 Å². The molecule has 0 amide bonds. The molecule has 0 saturated carbocycles. The molecule has 0 radical (unpaired) electrons. The first-order chi connectivity index (χ1) is 10.3. The van der Waals surface area contributed by atoms with Crippen molar-refractivity contribution in [2.45, 2.75) is 31.8 Å². The smallest absolute Gasteiger partial charge is 0.119 e. The molecule has 1 aliphatic rings. The number of halogens is 1. The zero-order valence-corrected chi connectivity index (χ0v) is 13.0. The second-order valence-corrected chi connectivity index (χ2v) is 5.95. The highest BCUT2D eigenvalue weighted by Gasteiger charge is 2.20. The van der Waals surface area contributed by atoms with Crippen molar-refractivity contribution < 1.29 is 4.74 Å². The number of rotatable bonds is 4. The molecule has 1 atom stereocenters. The number of benzene rings is 2. The van der Waals surface area contributed by atoms with E-state index in [0.717, 1.165) is 23.7 Å². The topological polar surface area (TPSA) is 21.3 Å². The predicted molar refractivity (Wildman–Crippen MR) is 87.0 cm³/mol. The van der Waals surface area contributed by atoms with E-state index < -0.39 is 0 Å². The summed E-state index contributed by atoms with van der Waals surface area (Å²) in [6.45, 7) is 0.868. The van der Waals surface area contributed by atoms with E-state index in [9.17, 15) is 0 Å². The van der Waals surface area contributed by atoms with Gasteiger partial charge in [-0.3, -0.25) is 0 Å². The van der Waals surface area contributed by atoms with Crippen molar-refractivity contribution in [3.63, 3.8) is 0 Å². The Balaban J connectivity index is 1.71. The summed E-state index contributed by atoms with van der Waals surface area (Å²) >= 11 is 5.92. The third-order valence-corrected chi connectivity index (χ3v) is 4.38. The van der Waals surface area contributed by atoms with Crippen LogP contribution in [-0.4, -0.2) is 7.11 Å². The molecule has 0 aliphatic heterocycles. The van der Waals surface area contributed by atoms with Gasteiger partial charge < -0.3 is 10.1 Å². The monoisotopic (exact) mass is 301 g/mol. The minimum Gasteiger partial charge on any atom is -0.497 e. The van der Waals surface area contributed by atoms with Gasteiger partial charge in [0.05, 0.1) is 7.11 Å². The normalized spacial score (nSPS) is 17.3. The van der Waals surface area contributed by atoms with Crippen molar-refractivity contribution in [2.75, 3.05) is 7.11 Å². The van der Waals surface area contributed by atoms with Crippen LogP contribution in [0.5, 0.6) is 5.75 Å². The van der Waals surface area contributed by atoms with E-state index in [-0.39, 0.29) is 0 Å². The quantitative estimate of drug-likeness (QED) is 0.897. The SMILES string of the molecule is COc1ccc2c(c1)CCCC2NCc1ccc(Cl)cc1. The number of hydrogen-bond acceptors (Lipinski definition) is 2. The Morgan fingerprint density at radius 2 is 2.00 bits per heavy atom.